The number of rotatable bonds is 1. The van der Waals surface area contributed by atoms with E-state index in [1.807, 2.05) is 0 Å². The first-order valence-corrected chi connectivity index (χ1v) is 3.40. The molecule has 0 aromatic carbocycles. The van der Waals surface area contributed by atoms with Crippen molar-refractivity contribution in [1.82, 2.24) is 10.2 Å². The van der Waals surface area contributed by atoms with Gasteiger partial charge in [0.25, 0.3) is 0 Å². The molecule has 0 aromatic rings. The number of nitrogens with zero attached hydrogens (tertiary/aromatic N) is 1. The summed E-state index contributed by atoms with van der Waals surface area (Å²) in [4.78, 5) is 2.14. The van der Waals surface area contributed by atoms with Gasteiger partial charge >= 0.3 is 0 Å². The van der Waals surface area contributed by atoms with Crippen molar-refractivity contribution >= 4 is 10.2 Å². The van der Waals surface area contributed by atoms with Crippen LogP contribution in [0.15, 0.2) is 12.3 Å². The average Bonchev–Trinajstić information content (AvgIpc) is 1.90. The molecule has 3 heteroatoms. The summed E-state index contributed by atoms with van der Waals surface area (Å²) in [5, 5.41) is 3.19. The fraction of sp³-hybridized carbons (Fsp3) is 0.600. The molecule has 1 aliphatic heterocycles. The molecule has 0 fully saturated rings. The molecule has 0 spiro atoms. The smallest absolute Gasteiger partial charge is 0.0674 e. The third kappa shape index (κ3) is 1.35. The van der Waals surface area contributed by atoms with Crippen molar-refractivity contribution in [2.75, 3.05) is 19.4 Å². The average molecular weight is 125 g/mol. The van der Waals surface area contributed by atoms with Crippen LogP contribution in [0.1, 0.15) is 0 Å². The van der Waals surface area contributed by atoms with Crippen LogP contribution in [0.2, 0.25) is 0 Å². The van der Waals surface area contributed by atoms with Gasteiger partial charge in [0.1, 0.15) is 0 Å². The van der Waals surface area contributed by atoms with E-state index in [-0.39, 0.29) is 0 Å². The lowest BCUT2D eigenvalue weighted by molar-refractivity contribution is 0.382. The summed E-state index contributed by atoms with van der Waals surface area (Å²) in [5.41, 5.74) is 0. The molecule has 0 aliphatic carbocycles. The Bertz CT molecular complexity index is 92.4. The minimum Gasteiger partial charge on any atom is -0.369 e. The van der Waals surface area contributed by atoms with Crippen molar-refractivity contribution in [2.24, 2.45) is 0 Å². The molecule has 0 saturated carbocycles. The molecule has 0 atom stereocenters. The minimum atomic E-state index is 0.906. The van der Waals surface area contributed by atoms with Gasteiger partial charge in [-0.3, -0.25) is 5.32 Å². The standard InChI is InChI=1S/C5H9N2Si/c8-5-7-3-1-2-6-4-7/h1,3,6H,2,4-5H2. The maximum atomic E-state index is 3.39. The zero-order valence-corrected chi connectivity index (χ0v) is 5.72. The van der Waals surface area contributed by atoms with E-state index < -0.39 is 0 Å². The highest BCUT2D eigenvalue weighted by atomic mass is 28.1. The van der Waals surface area contributed by atoms with Gasteiger partial charge in [-0.05, 0) is 6.20 Å². The van der Waals surface area contributed by atoms with E-state index in [0.29, 0.717) is 0 Å². The number of hydrogen-bond acceptors (Lipinski definition) is 2. The van der Waals surface area contributed by atoms with Crippen LogP contribution < -0.4 is 5.32 Å². The Hall–Kier alpha value is -0.283. The van der Waals surface area contributed by atoms with Crippen LogP contribution in [0.3, 0.4) is 0 Å². The summed E-state index contributed by atoms with van der Waals surface area (Å²) in [5.74, 6) is 0. The van der Waals surface area contributed by atoms with E-state index in [9.17, 15) is 0 Å². The van der Waals surface area contributed by atoms with E-state index >= 15 is 0 Å². The molecule has 0 saturated heterocycles. The zero-order chi connectivity index (χ0) is 5.82. The van der Waals surface area contributed by atoms with Gasteiger partial charge in [-0.15, -0.1) is 0 Å². The molecule has 8 heavy (non-hydrogen) atoms. The van der Waals surface area contributed by atoms with Gasteiger partial charge in [0.05, 0.1) is 16.9 Å². The first kappa shape index (κ1) is 5.85. The fourth-order valence-electron chi connectivity index (χ4n) is 0.655. The highest BCUT2D eigenvalue weighted by molar-refractivity contribution is 6.08. The summed E-state index contributed by atoms with van der Waals surface area (Å²) in [6.45, 7) is 1.96. The highest BCUT2D eigenvalue weighted by Gasteiger charge is 1.96. The van der Waals surface area contributed by atoms with Crippen LogP contribution in [0.5, 0.6) is 0 Å². The fourth-order valence-corrected chi connectivity index (χ4v) is 0.872. The third-order valence-corrected chi connectivity index (χ3v) is 1.50. The third-order valence-electron chi connectivity index (χ3n) is 1.10. The van der Waals surface area contributed by atoms with Gasteiger partial charge in [0, 0.05) is 12.7 Å². The molecule has 1 heterocycles. The Labute approximate surface area is 53.0 Å². The Morgan fingerprint density at radius 1 is 1.75 bits per heavy atom. The van der Waals surface area contributed by atoms with Gasteiger partial charge in [0.2, 0.25) is 0 Å². The molecule has 0 unspecified atom stereocenters. The molecular formula is C5H9N2Si. The van der Waals surface area contributed by atoms with Crippen LogP contribution in [0.4, 0.5) is 0 Å². The molecule has 1 aliphatic rings. The molecule has 0 bridgehead atoms. The van der Waals surface area contributed by atoms with E-state index in [1.54, 1.807) is 0 Å². The largest absolute Gasteiger partial charge is 0.369 e. The quantitative estimate of drug-likeness (QED) is 0.475. The summed E-state index contributed by atoms with van der Waals surface area (Å²) < 4.78 is 0. The first-order valence-electron chi connectivity index (χ1n) is 2.69. The maximum absolute atomic E-state index is 3.39. The molecule has 1 rings (SSSR count). The Kier molecular flexibility index (Phi) is 2.11. The lowest BCUT2D eigenvalue weighted by atomic mass is 10.5. The molecule has 0 aromatic heterocycles. The molecule has 0 amide bonds. The zero-order valence-electron chi connectivity index (χ0n) is 4.72. The van der Waals surface area contributed by atoms with Crippen LogP contribution in [0.25, 0.3) is 0 Å². The Morgan fingerprint density at radius 2 is 2.62 bits per heavy atom. The lowest BCUT2D eigenvalue weighted by Crippen LogP contribution is -2.34. The second kappa shape index (κ2) is 2.89. The van der Waals surface area contributed by atoms with Crippen molar-refractivity contribution in [3.63, 3.8) is 0 Å². The summed E-state index contributed by atoms with van der Waals surface area (Å²) in [7, 11) is 3.39. The predicted molar refractivity (Wildman–Crippen MR) is 34.5 cm³/mol. The van der Waals surface area contributed by atoms with Gasteiger partial charge in [-0.25, -0.2) is 0 Å². The van der Waals surface area contributed by atoms with Crippen molar-refractivity contribution < 1.29 is 0 Å². The SMILES string of the molecule is [Si]CN1C=CCNC1. The van der Waals surface area contributed by atoms with E-state index in [2.05, 4.69) is 32.7 Å². The van der Waals surface area contributed by atoms with E-state index in [1.165, 1.54) is 0 Å². The summed E-state index contributed by atoms with van der Waals surface area (Å²) in [6, 6.07) is 0. The monoisotopic (exact) mass is 125 g/mol. The molecule has 3 radical (unpaired) electrons. The number of hydrogen-bond donors (Lipinski definition) is 1. The summed E-state index contributed by atoms with van der Waals surface area (Å²) in [6.07, 6.45) is 5.09. The van der Waals surface area contributed by atoms with Gasteiger partial charge in [0.15, 0.2) is 0 Å². The predicted octanol–water partition coefficient (Wildman–Crippen LogP) is -0.511. The maximum Gasteiger partial charge on any atom is 0.0674 e. The second-order valence-electron chi connectivity index (χ2n) is 1.74. The highest BCUT2D eigenvalue weighted by Crippen LogP contribution is 1.88. The van der Waals surface area contributed by atoms with Crippen LogP contribution in [-0.2, 0) is 0 Å². The van der Waals surface area contributed by atoms with Crippen molar-refractivity contribution in [3.05, 3.63) is 12.3 Å². The summed E-state index contributed by atoms with van der Waals surface area (Å²) >= 11 is 0. The van der Waals surface area contributed by atoms with Crippen LogP contribution in [0, 0.1) is 0 Å². The first-order chi connectivity index (χ1) is 3.93. The lowest BCUT2D eigenvalue weighted by Gasteiger charge is -2.21. The van der Waals surface area contributed by atoms with E-state index in [4.69, 9.17) is 0 Å². The van der Waals surface area contributed by atoms with Crippen molar-refractivity contribution in [2.45, 2.75) is 0 Å². The molecule has 1 N–H and O–H groups in total. The van der Waals surface area contributed by atoms with Gasteiger partial charge in [-0.2, -0.15) is 0 Å². The topological polar surface area (TPSA) is 15.3 Å². The normalized spacial score (nSPS) is 19.4. The molecular weight excluding hydrogens is 116 g/mol. The van der Waals surface area contributed by atoms with Crippen LogP contribution in [-0.4, -0.2) is 34.5 Å². The van der Waals surface area contributed by atoms with Gasteiger partial charge < -0.3 is 4.90 Å². The second-order valence-corrected chi connectivity index (χ2v) is 2.06. The molecule has 43 valence electrons. The van der Waals surface area contributed by atoms with Crippen molar-refractivity contribution in [3.8, 4) is 0 Å². The van der Waals surface area contributed by atoms with E-state index in [0.717, 1.165) is 19.4 Å². The van der Waals surface area contributed by atoms with Crippen LogP contribution >= 0.6 is 0 Å². The Morgan fingerprint density at radius 3 is 3.00 bits per heavy atom. The number of nitrogens with one attached hydrogen (secondary N) is 1. The molecule has 2 nitrogen and oxygen atoms in total. The Balaban J connectivity index is 2.32. The minimum absolute atomic E-state index is 0.906. The van der Waals surface area contributed by atoms with Gasteiger partial charge in [-0.1, -0.05) is 6.08 Å². The van der Waals surface area contributed by atoms with Crippen molar-refractivity contribution in [1.29, 1.82) is 0 Å².